The molecule has 0 aliphatic rings. The molecule has 0 saturated heterocycles. The Morgan fingerprint density at radius 1 is 0.943 bits per heavy atom. The molecule has 0 fully saturated rings. The van der Waals surface area contributed by atoms with Crippen LogP contribution < -0.4 is 15.4 Å². The summed E-state index contributed by atoms with van der Waals surface area (Å²) >= 11 is 0. The number of ether oxygens (including phenoxy) is 1. The third-order valence-corrected chi connectivity index (χ3v) is 5.41. The minimum Gasteiger partial charge on any atom is -0.508 e. The molecule has 7 heteroatoms. The summed E-state index contributed by atoms with van der Waals surface area (Å²) in [5.74, 6) is 0.581. The Morgan fingerprint density at radius 2 is 1.69 bits per heavy atom. The van der Waals surface area contributed by atoms with E-state index in [1.807, 2.05) is 42.5 Å². The molecule has 0 saturated carbocycles. The van der Waals surface area contributed by atoms with E-state index in [0.717, 1.165) is 5.56 Å². The van der Waals surface area contributed by atoms with Crippen molar-refractivity contribution in [2.24, 2.45) is 0 Å². The highest BCUT2D eigenvalue weighted by Gasteiger charge is 2.21. The van der Waals surface area contributed by atoms with E-state index in [1.165, 1.54) is 0 Å². The molecule has 3 aromatic carbocycles. The number of para-hydroxylation sites is 3. The quantitative estimate of drug-likeness (QED) is 0.238. The van der Waals surface area contributed by atoms with Crippen molar-refractivity contribution < 1.29 is 14.6 Å². The van der Waals surface area contributed by atoms with Gasteiger partial charge in [-0.05, 0) is 29.8 Å². The molecule has 0 radical (unpaired) electrons. The Morgan fingerprint density at radius 3 is 2.46 bits per heavy atom. The first-order valence-electron chi connectivity index (χ1n) is 11.2. The monoisotopic (exact) mass is 466 g/mol. The number of benzene rings is 3. The summed E-state index contributed by atoms with van der Waals surface area (Å²) in [6, 6.07) is 26.2. The Hall–Kier alpha value is -4.65. The van der Waals surface area contributed by atoms with Crippen LogP contribution in [0, 0.1) is 5.41 Å². The number of carbonyl (C=O) groups excluding carboxylic acids is 1. The van der Waals surface area contributed by atoms with Crippen LogP contribution in [0.3, 0.4) is 0 Å². The van der Waals surface area contributed by atoms with Crippen LogP contribution in [-0.4, -0.2) is 21.8 Å². The molecule has 0 bridgehead atoms. The Balaban J connectivity index is 1.48. The van der Waals surface area contributed by atoms with Crippen LogP contribution in [-0.2, 0) is 6.61 Å². The lowest BCUT2D eigenvalue weighted by atomic mass is 9.97. The largest absolute Gasteiger partial charge is 0.508 e. The van der Waals surface area contributed by atoms with Crippen LogP contribution in [0.15, 0.2) is 103 Å². The molecule has 2 amide bonds. The SMILES string of the molecule is N=C(CC(NC(=O)Nc1ccccc1OCc1ccccc1)c1ccccc1O)c1cccnc1. The number of phenols is 1. The molecular weight excluding hydrogens is 440 g/mol. The number of urea groups is 1. The van der Waals surface area contributed by atoms with Crippen molar-refractivity contribution in [2.45, 2.75) is 19.1 Å². The van der Waals surface area contributed by atoms with Gasteiger partial charge in [0.15, 0.2) is 0 Å². The zero-order valence-corrected chi connectivity index (χ0v) is 19.0. The van der Waals surface area contributed by atoms with E-state index in [9.17, 15) is 9.90 Å². The number of rotatable bonds is 9. The van der Waals surface area contributed by atoms with Gasteiger partial charge < -0.3 is 25.9 Å². The van der Waals surface area contributed by atoms with E-state index in [0.29, 0.717) is 34.9 Å². The third-order valence-electron chi connectivity index (χ3n) is 5.41. The standard InChI is InChI=1S/C28H26N4O3/c29-23(21-11-8-16-30-18-21)17-25(22-12-4-6-14-26(22)33)32-28(34)31-24-13-5-7-15-27(24)35-19-20-9-2-1-3-10-20/h1-16,18,25,29,33H,17,19H2,(H2,31,32,34). The molecule has 35 heavy (non-hydrogen) atoms. The fraction of sp³-hybridized carbons (Fsp3) is 0.107. The van der Waals surface area contributed by atoms with Gasteiger partial charge in [-0.2, -0.15) is 0 Å². The second-order valence-electron chi connectivity index (χ2n) is 7.90. The van der Waals surface area contributed by atoms with Crippen LogP contribution >= 0.6 is 0 Å². The average molecular weight is 467 g/mol. The molecule has 0 aliphatic carbocycles. The van der Waals surface area contributed by atoms with E-state index in [-0.39, 0.29) is 12.2 Å². The number of carbonyl (C=O) groups is 1. The number of phenolic OH excluding ortho intramolecular Hbond substituents is 1. The highest BCUT2D eigenvalue weighted by molar-refractivity contribution is 5.99. The number of nitrogens with zero attached hydrogens (tertiary/aromatic N) is 1. The fourth-order valence-electron chi connectivity index (χ4n) is 3.63. The van der Waals surface area contributed by atoms with Crippen molar-refractivity contribution in [1.82, 2.24) is 10.3 Å². The van der Waals surface area contributed by atoms with Crippen LogP contribution in [0.25, 0.3) is 0 Å². The minimum atomic E-state index is -0.638. The lowest BCUT2D eigenvalue weighted by molar-refractivity contribution is 0.248. The van der Waals surface area contributed by atoms with Crippen LogP contribution in [0.4, 0.5) is 10.5 Å². The highest BCUT2D eigenvalue weighted by Crippen LogP contribution is 2.28. The predicted octanol–water partition coefficient (Wildman–Crippen LogP) is 5.69. The van der Waals surface area contributed by atoms with E-state index in [2.05, 4.69) is 15.6 Å². The number of hydrogen-bond donors (Lipinski definition) is 4. The third kappa shape index (κ3) is 6.45. The number of hydrogen-bond acceptors (Lipinski definition) is 5. The van der Waals surface area contributed by atoms with E-state index < -0.39 is 12.1 Å². The first-order valence-corrected chi connectivity index (χ1v) is 11.2. The lowest BCUT2D eigenvalue weighted by Crippen LogP contribution is -2.34. The highest BCUT2D eigenvalue weighted by atomic mass is 16.5. The van der Waals surface area contributed by atoms with Gasteiger partial charge in [0.1, 0.15) is 18.1 Å². The maximum Gasteiger partial charge on any atom is 0.319 e. The van der Waals surface area contributed by atoms with Crippen molar-refractivity contribution in [1.29, 1.82) is 5.41 Å². The number of aromatic nitrogens is 1. The van der Waals surface area contributed by atoms with Crippen molar-refractivity contribution in [3.63, 3.8) is 0 Å². The summed E-state index contributed by atoms with van der Waals surface area (Å²) in [6.45, 7) is 0.365. The summed E-state index contributed by atoms with van der Waals surface area (Å²) in [7, 11) is 0. The second-order valence-corrected chi connectivity index (χ2v) is 7.90. The number of pyridine rings is 1. The first-order chi connectivity index (χ1) is 17.1. The first kappa shape index (κ1) is 23.5. The molecule has 4 rings (SSSR count). The molecule has 4 N–H and O–H groups in total. The zero-order chi connectivity index (χ0) is 24.5. The molecule has 0 spiro atoms. The number of anilines is 1. The summed E-state index contributed by atoms with van der Waals surface area (Å²) < 4.78 is 5.93. The molecule has 1 aromatic heterocycles. The van der Waals surface area contributed by atoms with Gasteiger partial charge in [-0.15, -0.1) is 0 Å². The lowest BCUT2D eigenvalue weighted by Gasteiger charge is -2.21. The Kier molecular flexibility index (Phi) is 7.70. The molecule has 7 nitrogen and oxygen atoms in total. The predicted molar refractivity (Wildman–Crippen MR) is 136 cm³/mol. The topological polar surface area (TPSA) is 107 Å². The van der Waals surface area contributed by atoms with Crippen LogP contribution in [0.5, 0.6) is 11.5 Å². The molecule has 1 heterocycles. The number of aromatic hydroxyl groups is 1. The number of amides is 2. The van der Waals surface area contributed by atoms with Gasteiger partial charge in [0.25, 0.3) is 0 Å². The van der Waals surface area contributed by atoms with Crippen LogP contribution in [0.1, 0.15) is 29.2 Å². The molecule has 1 unspecified atom stereocenters. The van der Waals surface area contributed by atoms with Gasteiger partial charge in [-0.1, -0.05) is 66.7 Å². The summed E-state index contributed by atoms with van der Waals surface area (Å²) in [6.07, 6.45) is 3.41. The fourth-order valence-corrected chi connectivity index (χ4v) is 3.63. The minimum absolute atomic E-state index is 0.0448. The van der Waals surface area contributed by atoms with Crippen molar-refractivity contribution >= 4 is 17.4 Å². The second kappa shape index (κ2) is 11.5. The van der Waals surface area contributed by atoms with E-state index >= 15 is 0 Å². The van der Waals surface area contributed by atoms with Gasteiger partial charge in [0, 0.05) is 35.7 Å². The maximum atomic E-state index is 13.0. The summed E-state index contributed by atoms with van der Waals surface area (Å²) in [5, 5.41) is 24.7. The maximum absolute atomic E-state index is 13.0. The zero-order valence-electron chi connectivity index (χ0n) is 19.0. The van der Waals surface area contributed by atoms with Crippen molar-refractivity contribution in [2.75, 3.05) is 5.32 Å². The summed E-state index contributed by atoms with van der Waals surface area (Å²) in [5.41, 5.74) is 2.98. The molecule has 4 aromatic rings. The van der Waals surface area contributed by atoms with E-state index in [4.69, 9.17) is 10.1 Å². The Bertz CT molecular complexity index is 1280. The summed E-state index contributed by atoms with van der Waals surface area (Å²) in [4.78, 5) is 17.1. The van der Waals surface area contributed by atoms with E-state index in [1.54, 1.807) is 60.9 Å². The van der Waals surface area contributed by atoms with Crippen molar-refractivity contribution in [3.05, 3.63) is 120 Å². The normalized spacial score (nSPS) is 11.3. The van der Waals surface area contributed by atoms with Gasteiger partial charge in [-0.3, -0.25) is 4.98 Å². The molecule has 176 valence electrons. The van der Waals surface area contributed by atoms with Gasteiger partial charge in [-0.25, -0.2) is 4.79 Å². The molecule has 1 atom stereocenters. The van der Waals surface area contributed by atoms with Crippen LogP contribution in [0.2, 0.25) is 0 Å². The molecular formula is C28H26N4O3. The van der Waals surface area contributed by atoms with Gasteiger partial charge in [0.05, 0.1) is 11.7 Å². The smallest absolute Gasteiger partial charge is 0.319 e. The average Bonchev–Trinajstić information content (AvgIpc) is 2.89. The van der Waals surface area contributed by atoms with Gasteiger partial charge in [0.2, 0.25) is 0 Å². The van der Waals surface area contributed by atoms with Crippen molar-refractivity contribution in [3.8, 4) is 11.5 Å². The molecule has 0 aliphatic heterocycles. The number of nitrogens with one attached hydrogen (secondary N) is 3. The Labute approximate surface area is 204 Å². The van der Waals surface area contributed by atoms with Gasteiger partial charge >= 0.3 is 6.03 Å².